The molecule has 0 bridgehead atoms. The van der Waals surface area contributed by atoms with Gasteiger partial charge in [0.05, 0.1) is 43.7 Å². The highest BCUT2D eigenvalue weighted by Gasteiger charge is 2.69. The Hall–Kier alpha value is -0.680. The predicted molar refractivity (Wildman–Crippen MR) is 214 cm³/mol. The van der Waals surface area contributed by atoms with Crippen LogP contribution in [0, 0.1) is 52.3 Å². The maximum atomic E-state index is 12.1. The van der Waals surface area contributed by atoms with E-state index in [1.807, 2.05) is 0 Å². The van der Waals surface area contributed by atoms with Crippen LogP contribution in [0.15, 0.2) is 0 Å². The van der Waals surface area contributed by atoms with Crippen molar-refractivity contribution in [3.8, 4) is 0 Å². The summed E-state index contributed by atoms with van der Waals surface area (Å²) in [5.41, 5.74) is 0.000556. The molecule has 1 spiro atoms. The summed E-state index contributed by atoms with van der Waals surface area (Å²) in [6.45, 7) is 12.5. The highest BCUT2D eigenvalue weighted by molar-refractivity contribution is 5.16. The largest absolute Gasteiger partial charge is 0.394 e. The summed E-state index contributed by atoms with van der Waals surface area (Å²) in [6, 6.07) is 0. The number of aliphatic hydroxyl groups is 9. The quantitative estimate of drug-likeness (QED) is 0.156. The van der Waals surface area contributed by atoms with Crippen LogP contribution in [0.1, 0.15) is 99.3 Å². The second-order valence-corrected chi connectivity index (χ2v) is 21.6. The van der Waals surface area contributed by atoms with Crippen LogP contribution in [0.2, 0.25) is 0 Å². The van der Waals surface area contributed by atoms with E-state index in [-0.39, 0.29) is 22.9 Å². The first-order chi connectivity index (χ1) is 29.3. The van der Waals surface area contributed by atoms with Crippen LogP contribution in [0.5, 0.6) is 0 Å². The van der Waals surface area contributed by atoms with Gasteiger partial charge in [0.1, 0.15) is 61.0 Å². The average molecular weight is 887 g/mol. The Labute approximate surface area is 364 Å². The van der Waals surface area contributed by atoms with E-state index < -0.39 is 117 Å². The van der Waals surface area contributed by atoms with Gasteiger partial charge in [0.25, 0.3) is 0 Å². The lowest BCUT2D eigenvalue weighted by Gasteiger charge is -2.62. The third-order valence-electron chi connectivity index (χ3n) is 18.2. The highest BCUT2D eigenvalue weighted by Crippen LogP contribution is 2.71. The number of rotatable bonds is 7. The summed E-state index contributed by atoms with van der Waals surface area (Å²) in [6.07, 6.45) is -15.4. The van der Waals surface area contributed by atoms with Crippen LogP contribution in [-0.2, 0) is 37.9 Å². The van der Waals surface area contributed by atoms with Crippen LogP contribution in [-0.4, -0.2) is 175 Å². The van der Waals surface area contributed by atoms with E-state index >= 15 is 0 Å². The fraction of sp³-hybridized carbons (Fsp3) is 1.00. The van der Waals surface area contributed by atoms with Gasteiger partial charge in [0.2, 0.25) is 0 Å². The van der Waals surface area contributed by atoms with Crippen molar-refractivity contribution in [2.45, 2.75) is 216 Å². The van der Waals surface area contributed by atoms with Crippen molar-refractivity contribution in [3.05, 3.63) is 0 Å². The molecule has 17 heteroatoms. The molecule has 5 heterocycles. The number of ether oxygens (including phenoxy) is 8. The lowest BCUT2D eigenvalue weighted by atomic mass is 9.44. The van der Waals surface area contributed by atoms with Gasteiger partial charge in [0.15, 0.2) is 24.7 Å². The zero-order valence-corrected chi connectivity index (χ0v) is 37.0. The molecule has 17 nitrogen and oxygen atoms in total. The van der Waals surface area contributed by atoms with Crippen molar-refractivity contribution in [3.63, 3.8) is 0 Å². The maximum Gasteiger partial charge on any atom is 0.187 e. The molecule has 5 saturated heterocycles. The molecule has 9 N–H and O–H groups in total. The Morgan fingerprint density at radius 1 is 0.613 bits per heavy atom. The van der Waals surface area contributed by atoms with E-state index in [4.69, 9.17) is 37.9 Å². The third kappa shape index (κ3) is 7.47. The molecule has 9 rings (SSSR count). The second-order valence-electron chi connectivity index (χ2n) is 21.6. The molecule has 5 aliphatic heterocycles. The molecule has 9 aliphatic rings. The molecule has 356 valence electrons. The standard InChI is InChI=1S/C45H74O17/c1-18-9-12-45(55-17-18)19(2)30-28(62-45)14-25-23-8-7-22-13-27(26(47)15-44(22,6)24(23)10-11-43(25,30)5)58-42-39(61-41-36(53)34(51)32(49)21(4)57-41)37(54)38(29(16-46)59-42)60-40-35(52)33(50)31(48)20(3)56-40/h18-42,46-54H,7-17H2,1-6H3/t18-,19-,20+,21+,22-,23?,24?,25?,26+,27+,28?,29+,30?,31+,32-,33+,34+,35+,36+,37+,38+,39+,40-,41-,42+,43-,44-,45+/m0/s1. The van der Waals surface area contributed by atoms with Gasteiger partial charge in [-0.25, -0.2) is 0 Å². The molecule has 5 unspecified atom stereocenters. The Morgan fingerprint density at radius 2 is 1.26 bits per heavy atom. The summed E-state index contributed by atoms with van der Waals surface area (Å²) in [7, 11) is 0. The SMILES string of the molecule is C[C@H]1CC[C@@]2(OC1)OC1CC3C4CC[C@H]5C[C@@H](O[C@@H]6O[C@H](CO)[C@@H](O[C@@H]7O[C@H](C)[C@@H](O)[C@@H](O)[C@H]7O)[C@@H](O)[C@H]6O[C@@H]6O[C@H](C)[C@H](O)[C@@H](O)[C@H]6O)[C@H](O)C[C@]5(C)C4CC[C@]3(C)C1[C@@H]2C. The van der Waals surface area contributed by atoms with E-state index in [0.29, 0.717) is 48.3 Å². The molecule has 28 atom stereocenters. The molecule has 0 aromatic heterocycles. The fourth-order valence-corrected chi connectivity index (χ4v) is 14.6. The van der Waals surface area contributed by atoms with Gasteiger partial charge in [-0.2, -0.15) is 0 Å². The summed E-state index contributed by atoms with van der Waals surface area (Å²) < 4.78 is 49.9. The van der Waals surface area contributed by atoms with Gasteiger partial charge in [-0.15, -0.1) is 0 Å². The molecule has 0 amide bonds. The first-order valence-electron chi connectivity index (χ1n) is 23.6. The van der Waals surface area contributed by atoms with Crippen LogP contribution in [0.25, 0.3) is 0 Å². The van der Waals surface area contributed by atoms with Crippen LogP contribution in [0.4, 0.5) is 0 Å². The Kier molecular flexibility index (Phi) is 12.8. The summed E-state index contributed by atoms with van der Waals surface area (Å²) >= 11 is 0. The van der Waals surface area contributed by atoms with Gasteiger partial charge >= 0.3 is 0 Å². The van der Waals surface area contributed by atoms with Crippen molar-refractivity contribution < 1.29 is 83.9 Å². The highest BCUT2D eigenvalue weighted by atomic mass is 16.8. The number of hydrogen-bond acceptors (Lipinski definition) is 17. The zero-order valence-electron chi connectivity index (χ0n) is 37.0. The molecule has 0 aromatic rings. The molecule has 0 radical (unpaired) electrons. The van der Waals surface area contributed by atoms with E-state index in [1.165, 1.54) is 13.8 Å². The first-order valence-corrected chi connectivity index (χ1v) is 23.6. The lowest BCUT2D eigenvalue weighted by Crippen LogP contribution is -2.67. The van der Waals surface area contributed by atoms with Crippen LogP contribution >= 0.6 is 0 Å². The minimum Gasteiger partial charge on any atom is -0.394 e. The average Bonchev–Trinajstić information content (AvgIpc) is 3.69. The van der Waals surface area contributed by atoms with Gasteiger partial charge < -0.3 is 83.9 Å². The molecular weight excluding hydrogens is 812 g/mol. The van der Waals surface area contributed by atoms with Gasteiger partial charge in [0, 0.05) is 12.3 Å². The van der Waals surface area contributed by atoms with Gasteiger partial charge in [-0.05, 0) is 112 Å². The van der Waals surface area contributed by atoms with Gasteiger partial charge in [-0.1, -0.05) is 27.7 Å². The monoisotopic (exact) mass is 886 g/mol. The minimum atomic E-state index is -1.75. The number of fused-ring (bicyclic) bond motifs is 7. The third-order valence-corrected chi connectivity index (χ3v) is 18.2. The summed E-state index contributed by atoms with van der Waals surface area (Å²) in [5.74, 6) is 2.55. The number of hydrogen-bond donors (Lipinski definition) is 9. The van der Waals surface area contributed by atoms with Crippen molar-refractivity contribution in [2.75, 3.05) is 13.2 Å². The van der Waals surface area contributed by atoms with E-state index in [9.17, 15) is 46.0 Å². The van der Waals surface area contributed by atoms with Crippen molar-refractivity contribution in [2.24, 2.45) is 52.3 Å². The van der Waals surface area contributed by atoms with Crippen molar-refractivity contribution in [1.82, 2.24) is 0 Å². The smallest absolute Gasteiger partial charge is 0.187 e. The fourth-order valence-electron chi connectivity index (χ4n) is 14.6. The Morgan fingerprint density at radius 3 is 1.87 bits per heavy atom. The molecule has 4 saturated carbocycles. The van der Waals surface area contributed by atoms with Gasteiger partial charge in [-0.3, -0.25) is 0 Å². The molecular formula is C45H74O17. The van der Waals surface area contributed by atoms with Crippen LogP contribution in [0.3, 0.4) is 0 Å². The summed E-state index contributed by atoms with van der Waals surface area (Å²) in [5, 5.41) is 98.0. The van der Waals surface area contributed by atoms with Crippen molar-refractivity contribution in [1.29, 1.82) is 0 Å². The lowest BCUT2D eigenvalue weighted by molar-refractivity contribution is -0.391. The topological polar surface area (TPSA) is 256 Å². The molecule has 62 heavy (non-hydrogen) atoms. The van der Waals surface area contributed by atoms with Crippen LogP contribution < -0.4 is 0 Å². The zero-order chi connectivity index (χ0) is 44.4. The Bertz CT molecular complexity index is 1570. The molecule has 4 aliphatic carbocycles. The van der Waals surface area contributed by atoms with Crippen molar-refractivity contribution >= 4 is 0 Å². The van der Waals surface area contributed by atoms with E-state index in [0.717, 1.165) is 51.6 Å². The number of aliphatic hydroxyl groups excluding tert-OH is 9. The maximum absolute atomic E-state index is 12.1. The predicted octanol–water partition coefficient (Wildman–Crippen LogP) is 0.292. The summed E-state index contributed by atoms with van der Waals surface area (Å²) in [4.78, 5) is 0. The second kappa shape index (κ2) is 17.1. The van der Waals surface area contributed by atoms with E-state index in [2.05, 4.69) is 27.7 Å². The Balaban J connectivity index is 0.915. The van der Waals surface area contributed by atoms with E-state index in [1.54, 1.807) is 0 Å². The normalized spacial score (nSPS) is 60.1. The molecule has 9 fully saturated rings. The molecule has 0 aromatic carbocycles. The minimum absolute atomic E-state index is 0.157. The first kappa shape index (κ1) is 46.4.